The van der Waals surface area contributed by atoms with E-state index in [2.05, 4.69) is 99.0 Å². The summed E-state index contributed by atoms with van der Waals surface area (Å²) >= 11 is 0. The number of rotatable bonds is 47. The zero-order valence-electron chi connectivity index (χ0n) is 44.3. The summed E-state index contributed by atoms with van der Waals surface area (Å²) in [6.07, 6.45) is 62.8. The summed E-state index contributed by atoms with van der Waals surface area (Å²) in [5, 5.41) is 2.98. The maximum absolute atomic E-state index is 13.4. The minimum atomic E-state index is -4.47. The van der Waals surface area contributed by atoms with Crippen molar-refractivity contribution in [3.8, 4) is 0 Å². The number of allylic oxidation sites excluding steroid dienone is 15. The molecule has 0 saturated carbocycles. The molecule has 2 N–H and O–H groups in total. The molecule has 0 bridgehead atoms. The Kier molecular flexibility index (Phi) is 45.5. The van der Waals surface area contributed by atoms with Crippen LogP contribution in [0.25, 0.3) is 0 Å². The summed E-state index contributed by atoms with van der Waals surface area (Å²) in [7, 11) is 1.43. The van der Waals surface area contributed by atoms with Gasteiger partial charge in [-0.2, -0.15) is 0 Å². The van der Waals surface area contributed by atoms with Gasteiger partial charge < -0.3 is 19.4 Å². The lowest BCUT2D eigenvalue weighted by Gasteiger charge is -2.27. The average molecular weight is 970 g/mol. The van der Waals surface area contributed by atoms with Crippen LogP contribution in [0.2, 0.25) is 0 Å². The standard InChI is InChI=1S/C58H101N2O7P/c1-7-10-13-16-19-22-25-27-29-31-32-35-38-41-44-47-50-57(61)59-55(54-66-68(63,64)65-53-52-60(4,5)6)56(49-46-43-40-37-34-24-21-18-15-12-9-3)67-58(62)51-48-45-42-39-36-33-30-28-26-23-20-17-14-11-8-2/h10,13,19-20,22-23,26-29,32,35,41,44,46,49,55-56H,7-9,11-12,14-18,21,24-25,30-31,33-34,36-40,42-43,45,47-48,50-54H2,1-6H3,(H-,59,61,63,64)/p+1/b13-10+,22-19+,23-20+,28-26+,29-27+,35-32+,44-41+,49-46+. The molecule has 10 heteroatoms. The first kappa shape index (κ1) is 64.9. The first-order chi connectivity index (χ1) is 32.9. The number of ether oxygens (including phenoxy) is 1. The number of phosphoric ester groups is 1. The van der Waals surface area contributed by atoms with Crippen molar-refractivity contribution in [3.05, 3.63) is 97.2 Å². The van der Waals surface area contributed by atoms with Gasteiger partial charge in [0.25, 0.3) is 0 Å². The summed E-state index contributed by atoms with van der Waals surface area (Å²) in [6.45, 7) is 6.77. The van der Waals surface area contributed by atoms with E-state index in [0.29, 0.717) is 23.9 Å². The molecule has 0 fully saturated rings. The van der Waals surface area contributed by atoms with Gasteiger partial charge in [-0.25, -0.2) is 4.57 Å². The topological polar surface area (TPSA) is 111 Å². The highest BCUT2D eigenvalue weighted by Crippen LogP contribution is 2.43. The predicted octanol–water partition coefficient (Wildman–Crippen LogP) is 16.0. The van der Waals surface area contributed by atoms with Crippen molar-refractivity contribution in [2.45, 2.75) is 219 Å². The molecule has 0 spiro atoms. The van der Waals surface area contributed by atoms with Crippen LogP contribution < -0.4 is 5.32 Å². The van der Waals surface area contributed by atoms with Crippen LogP contribution in [-0.2, 0) is 27.9 Å². The highest BCUT2D eigenvalue weighted by molar-refractivity contribution is 7.47. The van der Waals surface area contributed by atoms with Gasteiger partial charge in [0.2, 0.25) is 5.91 Å². The monoisotopic (exact) mass is 970 g/mol. The molecule has 3 atom stereocenters. The zero-order valence-corrected chi connectivity index (χ0v) is 45.2. The normalized spacial score (nSPS) is 14.6. The van der Waals surface area contributed by atoms with Crippen molar-refractivity contribution < 1.29 is 37.3 Å². The summed E-state index contributed by atoms with van der Waals surface area (Å²) in [5.41, 5.74) is 0. The van der Waals surface area contributed by atoms with Crippen molar-refractivity contribution in [1.29, 1.82) is 0 Å². The van der Waals surface area contributed by atoms with Crippen molar-refractivity contribution in [3.63, 3.8) is 0 Å². The Balaban J connectivity index is 5.52. The maximum atomic E-state index is 13.4. The highest BCUT2D eigenvalue weighted by atomic mass is 31.2. The molecule has 68 heavy (non-hydrogen) atoms. The lowest BCUT2D eigenvalue weighted by molar-refractivity contribution is -0.870. The molecule has 9 nitrogen and oxygen atoms in total. The molecule has 0 heterocycles. The number of esters is 1. The fourth-order valence-corrected chi connectivity index (χ4v) is 7.83. The number of nitrogens with zero attached hydrogens (tertiary/aromatic N) is 1. The van der Waals surface area contributed by atoms with Gasteiger partial charge in [-0.1, -0.05) is 202 Å². The second kappa shape index (κ2) is 47.6. The average Bonchev–Trinajstić information content (AvgIpc) is 3.29. The number of carbonyl (C=O) groups excluding carboxylic acids is 2. The summed E-state index contributed by atoms with van der Waals surface area (Å²) in [5.74, 6) is -0.624. The lowest BCUT2D eigenvalue weighted by atomic mass is 10.1. The molecule has 0 aromatic carbocycles. The molecular weight excluding hydrogens is 868 g/mol. The Morgan fingerprint density at radius 3 is 1.53 bits per heavy atom. The number of quaternary nitrogens is 1. The third-order valence-electron chi connectivity index (χ3n) is 11.3. The largest absolute Gasteiger partial charge is 0.472 e. The number of phosphoric acid groups is 1. The van der Waals surface area contributed by atoms with E-state index in [1.54, 1.807) is 0 Å². The van der Waals surface area contributed by atoms with Crippen LogP contribution >= 0.6 is 7.82 Å². The number of amides is 1. The fraction of sp³-hybridized carbons (Fsp3) is 0.690. The SMILES string of the molecule is CC/C=C/C/C=C/C/C=C/C/C=C/C/C=C/CCC(=O)NC(COP(=O)(O)OCC[N+](C)(C)C)C(/C=C/CCCCCCCCCCC)OC(=O)CCCCCCCC/C=C/C=C/CCCCC. The third kappa shape index (κ3) is 48.0. The highest BCUT2D eigenvalue weighted by Gasteiger charge is 2.30. The first-order valence-corrected chi connectivity index (χ1v) is 28.6. The van der Waals surface area contributed by atoms with Gasteiger partial charge in [0, 0.05) is 12.8 Å². The van der Waals surface area contributed by atoms with Gasteiger partial charge >= 0.3 is 13.8 Å². The summed E-state index contributed by atoms with van der Waals surface area (Å²) in [4.78, 5) is 37.4. The quantitative estimate of drug-likeness (QED) is 0.0156. The van der Waals surface area contributed by atoms with E-state index in [0.717, 1.165) is 96.3 Å². The molecule has 0 aliphatic rings. The van der Waals surface area contributed by atoms with Crippen LogP contribution in [-0.4, -0.2) is 74.3 Å². The number of unbranched alkanes of at least 4 members (excludes halogenated alkanes) is 18. The van der Waals surface area contributed by atoms with Gasteiger partial charge in [-0.05, 0) is 89.5 Å². The van der Waals surface area contributed by atoms with Gasteiger partial charge in [0.15, 0.2) is 0 Å². The Labute approximate surface area is 418 Å². The van der Waals surface area contributed by atoms with Crippen molar-refractivity contribution in [1.82, 2.24) is 5.32 Å². The molecule has 0 aliphatic carbocycles. The van der Waals surface area contributed by atoms with Crippen LogP contribution in [0.15, 0.2) is 97.2 Å². The Bertz CT molecular complexity index is 1490. The van der Waals surface area contributed by atoms with Crippen molar-refractivity contribution in [2.24, 2.45) is 0 Å². The lowest BCUT2D eigenvalue weighted by Crippen LogP contribution is -2.47. The van der Waals surface area contributed by atoms with Crippen LogP contribution in [0, 0.1) is 0 Å². The molecule has 390 valence electrons. The molecule has 0 rings (SSSR count). The minimum Gasteiger partial charge on any atom is -0.456 e. The van der Waals surface area contributed by atoms with E-state index < -0.39 is 20.0 Å². The van der Waals surface area contributed by atoms with E-state index in [-0.39, 0.29) is 37.9 Å². The first-order valence-electron chi connectivity index (χ1n) is 27.1. The fourth-order valence-electron chi connectivity index (χ4n) is 7.09. The Hall–Kier alpha value is -3.07. The predicted molar refractivity (Wildman–Crippen MR) is 290 cm³/mol. The molecule has 0 aliphatic heterocycles. The van der Waals surface area contributed by atoms with E-state index in [1.807, 2.05) is 45.4 Å². The molecule has 0 aromatic heterocycles. The van der Waals surface area contributed by atoms with Crippen LogP contribution in [0.1, 0.15) is 207 Å². The smallest absolute Gasteiger partial charge is 0.456 e. The zero-order chi connectivity index (χ0) is 50.1. The number of hydrogen-bond acceptors (Lipinski definition) is 6. The van der Waals surface area contributed by atoms with E-state index in [9.17, 15) is 19.0 Å². The van der Waals surface area contributed by atoms with Gasteiger partial charge in [-0.3, -0.25) is 18.6 Å². The van der Waals surface area contributed by atoms with Crippen molar-refractivity contribution in [2.75, 3.05) is 40.9 Å². The molecule has 3 unspecified atom stereocenters. The van der Waals surface area contributed by atoms with Gasteiger partial charge in [0.1, 0.15) is 19.3 Å². The minimum absolute atomic E-state index is 0.0203. The number of nitrogens with one attached hydrogen (secondary N) is 1. The second-order valence-electron chi connectivity index (χ2n) is 19.0. The van der Waals surface area contributed by atoms with E-state index >= 15 is 0 Å². The van der Waals surface area contributed by atoms with Gasteiger partial charge in [-0.15, -0.1) is 0 Å². The number of hydrogen-bond donors (Lipinski definition) is 2. The van der Waals surface area contributed by atoms with Crippen molar-refractivity contribution >= 4 is 19.7 Å². The maximum Gasteiger partial charge on any atom is 0.472 e. The van der Waals surface area contributed by atoms with E-state index in [4.69, 9.17) is 13.8 Å². The third-order valence-corrected chi connectivity index (χ3v) is 12.3. The van der Waals surface area contributed by atoms with E-state index in [1.165, 1.54) is 64.2 Å². The Morgan fingerprint density at radius 2 is 1.00 bits per heavy atom. The van der Waals surface area contributed by atoms with Crippen LogP contribution in [0.4, 0.5) is 0 Å². The molecule has 0 saturated heterocycles. The summed E-state index contributed by atoms with van der Waals surface area (Å²) in [6, 6.07) is -0.896. The summed E-state index contributed by atoms with van der Waals surface area (Å²) < 4.78 is 30.5. The Morgan fingerprint density at radius 1 is 0.544 bits per heavy atom. The second-order valence-corrected chi connectivity index (χ2v) is 20.5. The molecule has 0 radical (unpaired) electrons. The number of likely N-dealkylation sites (N-methyl/N-ethyl adjacent to an activating group) is 1. The number of carbonyl (C=O) groups is 2. The molecule has 1 amide bonds. The van der Waals surface area contributed by atoms with Crippen LogP contribution in [0.3, 0.4) is 0 Å². The van der Waals surface area contributed by atoms with Gasteiger partial charge in [0.05, 0.1) is 33.8 Å². The molecular formula is C58H102N2O7P+. The van der Waals surface area contributed by atoms with Crippen LogP contribution in [0.5, 0.6) is 0 Å². The molecule has 0 aromatic rings.